The number of amides is 1. The summed E-state index contributed by atoms with van der Waals surface area (Å²) in [7, 11) is -2.06. The minimum Gasteiger partial charge on any atom is -0.339 e. The van der Waals surface area contributed by atoms with Crippen molar-refractivity contribution in [3.05, 3.63) is 0 Å². The number of hydrogen-bond acceptors (Lipinski definition) is 4. The molecule has 2 aliphatic rings. The number of piperidine rings is 1. The van der Waals surface area contributed by atoms with E-state index in [2.05, 4.69) is 19.2 Å². The summed E-state index contributed by atoms with van der Waals surface area (Å²) in [6, 6.07) is 0. The molecular weight excluding hydrogens is 304 g/mol. The van der Waals surface area contributed by atoms with Crippen LogP contribution in [0, 0.1) is 11.8 Å². The first kappa shape index (κ1) is 17.7. The van der Waals surface area contributed by atoms with Gasteiger partial charge < -0.3 is 10.2 Å². The van der Waals surface area contributed by atoms with Gasteiger partial charge in [-0.2, -0.15) is 17.0 Å². The van der Waals surface area contributed by atoms with Gasteiger partial charge in [0.15, 0.2) is 0 Å². The summed E-state index contributed by atoms with van der Waals surface area (Å²) in [5, 5.41) is 3.18. The average Bonchev–Trinajstić information content (AvgIpc) is 2.47. The third-order valence-corrected chi connectivity index (χ3v) is 6.25. The number of hydrogen-bond donors (Lipinski definition) is 1. The maximum atomic E-state index is 12.7. The maximum absolute atomic E-state index is 12.7. The molecule has 2 fully saturated rings. The molecular formula is C14H28N4O3S. The van der Waals surface area contributed by atoms with Crippen LogP contribution in [-0.2, 0) is 15.0 Å². The van der Waals surface area contributed by atoms with E-state index in [-0.39, 0.29) is 12.5 Å². The topological polar surface area (TPSA) is 73.0 Å². The molecule has 0 spiro atoms. The third kappa shape index (κ3) is 4.18. The Balaban J connectivity index is 1.97. The van der Waals surface area contributed by atoms with Crippen LogP contribution in [0.5, 0.6) is 0 Å². The first-order valence-electron chi connectivity index (χ1n) is 8.00. The number of carbonyl (C=O) groups excluding carboxylic acids is 1. The highest BCUT2D eigenvalue weighted by atomic mass is 32.2. The standard InChI is InChI=1S/C14H28N4O3S/c1-12-8-13(2)10-18(9-12)22(20,21)16(3)11-14(19)17-6-4-15-5-7-17/h12-13,15H,4-11H2,1-3H3. The number of likely N-dealkylation sites (N-methyl/N-ethyl adjacent to an activating group) is 1. The molecule has 128 valence electrons. The fourth-order valence-electron chi connectivity index (χ4n) is 3.28. The molecule has 7 nitrogen and oxygen atoms in total. The zero-order valence-corrected chi connectivity index (χ0v) is 14.6. The van der Waals surface area contributed by atoms with Gasteiger partial charge in [-0.15, -0.1) is 0 Å². The highest BCUT2D eigenvalue weighted by Gasteiger charge is 2.34. The van der Waals surface area contributed by atoms with Gasteiger partial charge in [-0.1, -0.05) is 13.8 Å². The zero-order valence-electron chi connectivity index (χ0n) is 13.8. The first-order chi connectivity index (χ1) is 10.3. The second kappa shape index (κ2) is 7.25. The molecule has 0 radical (unpaired) electrons. The molecule has 0 bridgehead atoms. The molecule has 0 aromatic rings. The molecule has 8 heteroatoms. The summed E-state index contributed by atoms with van der Waals surface area (Å²) < 4.78 is 28.0. The molecule has 1 N–H and O–H groups in total. The van der Waals surface area contributed by atoms with Crippen molar-refractivity contribution in [2.75, 3.05) is 52.9 Å². The summed E-state index contributed by atoms with van der Waals surface area (Å²) >= 11 is 0. The van der Waals surface area contributed by atoms with E-state index in [0.29, 0.717) is 38.0 Å². The van der Waals surface area contributed by atoms with Crippen molar-refractivity contribution in [2.45, 2.75) is 20.3 Å². The van der Waals surface area contributed by atoms with E-state index in [1.54, 1.807) is 4.90 Å². The summed E-state index contributed by atoms with van der Waals surface area (Å²) in [6.07, 6.45) is 1.05. The third-order valence-electron chi connectivity index (χ3n) is 4.38. The van der Waals surface area contributed by atoms with Crippen LogP contribution < -0.4 is 5.32 Å². The molecule has 1 amide bonds. The lowest BCUT2D eigenvalue weighted by Crippen LogP contribution is -2.53. The van der Waals surface area contributed by atoms with Crippen LogP contribution in [0.25, 0.3) is 0 Å². The van der Waals surface area contributed by atoms with Crippen LogP contribution >= 0.6 is 0 Å². The van der Waals surface area contributed by atoms with Crippen molar-refractivity contribution >= 4 is 16.1 Å². The molecule has 2 saturated heterocycles. The van der Waals surface area contributed by atoms with Crippen molar-refractivity contribution < 1.29 is 13.2 Å². The minimum absolute atomic E-state index is 0.0818. The Morgan fingerprint density at radius 3 is 2.27 bits per heavy atom. The van der Waals surface area contributed by atoms with Crippen LogP contribution in [0.1, 0.15) is 20.3 Å². The molecule has 22 heavy (non-hydrogen) atoms. The number of rotatable bonds is 4. The molecule has 0 aliphatic carbocycles. The predicted molar refractivity (Wildman–Crippen MR) is 85.5 cm³/mol. The quantitative estimate of drug-likeness (QED) is 0.758. The number of piperazine rings is 1. The second-order valence-corrected chi connectivity index (χ2v) is 8.69. The average molecular weight is 332 g/mol. The van der Waals surface area contributed by atoms with Crippen LogP contribution in [0.2, 0.25) is 0 Å². The van der Waals surface area contributed by atoms with E-state index in [4.69, 9.17) is 0 Å². The van der Waals surface area contributed by atoms with Crippen molar-refractivity contribution in [3.8, 4) is 0 Å². The van der Waals surface area contributed by atoms with Crippen LogP contribution in [-0.4, -0.2) is 80.7 Å². The van der Waals surface area contributed by atoms with E-state index in [1.165, 1.54) is 15.7 Å². The van der Waals surface area contributed by atoms with Gasteiger partial charge in [0.05, 0.1) is 6.54 Å². The zero-order chi connectivity index (χ0) is 16.3. The summed E-state index contributed by atoms with van der Waals surface area (Å²) in [5.41, 5.74) is 0. The highest BCUT2D eigenvalue weighted by Crippen LogP contribution is 2.24. The van der Waals surface area contributed by atoms with E-state index < -0.39 is 10.2 Å². The Hall–Kier alpha value is -0.700. The molecule has 2 aliphatic heterocycles. The molecule has 2 unspecified atom stereocenters. The van der Waals surface area contributed by atoms with Crippen LogP contribution in [0.4, 0.5) is 0 Å². The lowest BCUT2D eigenvalue weighted by molar-refractivity contribution is -0.131. The maximum Gasteiger partial charge on any atom is 0.282 e. The largest absolute Gasteiger partial charge is 0.339 e. The smallest absolute Gasteiger partial charge is 0.282 e. The van der Waals surface area contributed by atoms with Crippen molar-refractivity contribution in [1.29, 1.82) is 0 Å². The first-order valence-corrected chi connectivity index (χ1v) is 9.40. The normalized spacial score (nSPS) is 28.1. The molecule has 0 aromatic heterocycles. The number of nitrogens with one attached hydrogen (secondary N) is 1. The highest BCUT2D eigenvalue weighted by molar-refractivity contribution is 7.86. The molecule has 2 atom stereocenters. The Labute approximate surface area is 133 Å². The molecule has 0 saturated carbocycles. The van der Waals surface area contributed by atoms with Gasteiger partial charge >= 0.3 is 0 Å². The van der Waals surface area contributed by atoms with E-state index in [1.807, 2.05) is 0 Å². The van der Waals surface area contributed by atoms with Gasteiger partial charge in [0.25, 0.3) is 10.2 Å². The predicted octanol–water partition coefficient (Wildman–Crippen LogP) is -0.427. The lowest BCUT2D eigenvalue weighted by Gasteiger charge is -2.36. The fourth-order valence-corrected chi connectivity index (χ4v) is 4.83. The summed E-state index contributed by atoms with van der Waals surface area (Å²) in [6.45, 7) is 7.97. The van der Waals surface area contributed by atoms with Gasteiger partial charge in [0.2, 0.25) is 5.91 Å². The van der Waals surface area contributed by atoms with Crippen molar-refractivity contribution in [1.82, 2.24) is 18.8 Å². The van der Waals surface area contributed by atoms with Crippen LogP contribution in [0.3, 0.4) is 0 Å². The Morgan fingerprint density at radius 2 is 1.73 bits per heavy atom. The van der Waals surface area contributed by atoms with Crippen molar-refractivity contribution in [2.24, 2.45) is 11.8 Å². The fraction of sp³-hybridized carbons (Fsp3) is 0.929. The Morgan fingerprint density at radius 1 is 1.18 bits per heavy atom. The summed E-state index contributed by atoms with van der Waals surface area (Å²) in [4.78, 5) is 14.0. The van der Waals surface area contributed by atoms with E-state index >= 15 is 0 Å². The SMILES string of the molecule is CC1CC(C)CN(S(=O)(=O)N(C)CC(=O)N2CCNCC2)C1. The van der Waals surface area contributed by atoms with Crippen molar-refractivity contribution in [3.63, 3.8) is 0 Å². The van der Waals surface area contributed by atoms with Gasteiger partial charge in [-0.3, -0.25) is 4.79 Å². The van der Waals surface area contributed by atoms with Gasteiger partial charge in [-0.25, -0.2) is 0 Å². The van der Waals surface area contributed by atoms with Gasteiger partial charge in [-0.05, 0) is 18.3 Å². The monoisotopic (exact) mass is 332 g/mol. The molecule has 2 heterocycles. The number of nitrogens with zero attached hydrogens (tertiary/aromatic N) is 3. The minimum atomic E-state index is -3.56. The van der Waals surface area contributed by atoms with Crippen LogP contribution in [0.15, 0.2) is 0 Å². The Kier molecular flexibility index (Phi) is 5.81. The Bertz CT molecular complexity index is 480. The van der Waals surface area contributed by atoms with E-state index in [9.17, 15) is 13.2 Å². The summed E-state index contributed by atoms with van der Waals surface area (Å²) in [5.74, 6) is 0.595. The lowest BCUT2D eigenvalue weighted by atomic mass is 9.94. The molecule has 2 rings (SSSR count). The van der Waals surface area contributed by atoms with E-state index in [0.717, 1.165) is 19.5 Å². The second-order valence-electron chi connectivity index (χ2n) is 6.66. The van der Waals surface area contributed by atoms with Gasteiger partial charge in [0.1, 0.15) is 0 Å². The van der Waals surface area contributed by atoms with Gasteiger partial charge in [0, 0.05) is 46.3 Å². The molecule has 0 aromatic carbocycles. The number of carbonyl (C=O) groups is 1.